The average Bonchev–Trinajstić information content (AvgIpc) is 2.33. The van der Waals surface area contributed by atoms with Crippen LogP contribution >= 0.6 is 27.5 Å². The molecule has 0 aliphatic rings. The second kappa shape index (κ2) is 5.76. The van der Waals surface area contributed by atoms with Crippen LogP contribution in [0.2, 0.25) is 5.02 Å². The van der Waals surface area contributed by atoms with Gasteiger partial charge in [-0.05, 0) is 55.3 Å². The SMILES string of the molecule is Cc1cc(Br)cc(C(=O)Nc2cccc(Cl)c2C)c1. The lowest BCUT2D eigenvalue weighted by Gasteiger charge is -2.10. The van der Waals surface area contributed by atoms with Gasteiger partial charge >= 0.3 is 0 Å². The molecule has 4 heteroatoms. The zero-order valence-electron chi connectivity index (χ0n) is 10.6. The molecular weight excluding hydrogens is 326 g/mol. The van der Waals surface area contributed by atoms with Crippen molar-refractivity contribution in [2.75, 3.05) is 5.32 Å². The molecule has 0 radical (unpaired) electrons. The van der Waals surface area contributed by atoms with Crippen molar-refractivity contribution in [2.45, 2.75) is 13.8 Å². The second-order valence-corrected chi connectivity index (χ2v) is 5.71. The van der Waals surface area contributed by atoms with Crippen LogP contribution in [0.1, 0.15) is 21.5 Å². The molecule has 1 N–H and O–H groups in total. The van der Waals surface area contributed by atoms with Gasteiger partial charge in [0.2, 0.25) is 0 Å². The standard InChI is InChI=1S/C15H13BrClNO/c1-9-6-11(8-12(16)7-9)15(19)18-14-5-3-4-13(17)10(14)2/h3-8H,1-2H3,(H,18,19). The number of hydrogen-bond donors (Lipinski definition) is 1. The smallest absolute Gasteiger partial charge is 0.255 e. The van der Waals surface area contributed by atoms with Crippen molar-refractivity contribution in [3.63, 3.8) is 0 Å². The van der Waals surface area contributed by atoms with E-state index in [0.29, 0.717) is 10.6 Å². The van der Waals surface area contributed by atoms with E-state index in [9.17, 15) is 4.79 Å². The summed E-state index contributed by atoms with van der Waals surface area (Å²) in [5.41, 5.74) is 3.24. The molecule has 2 rings (SSSR count). The summed E-state index contributed by atoms with van der Waals surface area (Å²) in [5.74, 6) is -0.144. The highest BCUT2D eigenvalue weighted by Crippen LogP contribution is 2.24. The molecule has 0 heterocycles. The molecule has 0 aliphatic carbocycles. The Morgan fingerprint density at radius 1 is 1.21 bits per heavy atom. The molecule has 0 aromatic heterocycles. The van der Waals surface area contributed by atoms with Crippen LogP contribution in [0.15, 0.2) is 40.9 Å². The minimum atomic E-state index is -0.144. The molecule has 0 unspecified atom stereocenters. The van der Waals surface area contributed by atoms with Crippen molar-refractivity contribution in [3.8, 4) is 0 Å². The summed E-state index contributed by atoms with van der Waals surface area (Å²) in [6.45, 7) is 3.83. The van der Waals surface area contributed by atoms with Gasteiger partial charge in [0.05, 0.1) is 0 Å². The number of rotatable bonds is 2. The molecule has 0 saturated heterocycles. The minimum absolute atomic E-state index is 0.144. The lowest BCUT2D eigenvalue weighted by molar-refractivity contribution is 0.102. The van der Waals surface area contributed by atoms with Crippen LogP contribution in [-0.2, 0) is 0 Å². The lowest BCUT2D eigenvalue weighted by atomic mass is 10.1. The molecule has 0 saturated carbocycles. The molecule has 0 spiro atoms. The first-order chi connectivity index (χ1) is 8.97. The number of anilines is 1. The van der Waals surface area contributed by atoms with Gasteiger partial charge < -0.3 is 5.32 Å². The van der Waals surface area contributed by atoms with Crippen molar-refractivity contribution in [2.24, 2.45) is 0 Å². The molecule has 0 aliphatic heterocycles. The third-order valence-electron chi connectivity index (χ3n) is 2.82. The normalized spacial score (nSPS) is 10.3. The molecule has 0 bridgehead atoms. The molecule has 19 heavy (non-hydrogen) atoms. The number of nitrogens with one attached hydrogen (secondary N) is 1. The van der Waals surface area contributed by atoms with Crippen molar-refractivity contribution >= 4 is 39.1 Å². The Balaban J connectivity index is 2.28. The maximum atomic E-state index is 12.2. The van der Waals surface area contributed by atoms with E-state index in [2.05, 4.69) is 21.2 Å². The van der Waals surface area contributed by atoms with Crippen molar-refractivity contribution in [1.29, 1.82) is 0 Å². The van der Waals surface area contributed by atoms with E-state index in [-0.39, 0.29) is 5.91 Å². The van der Waals surface area contributed by atoms with Crippen LogP contribution < -0.4 is 5.32 Å². The summed E-state index contributed by atoms with van der Waals surface area (Å²) in [5, 5.41) is 3.52. The van der Waals surface area contributed by atoms with Gasteiger partial charge in [-0.2, -0.15) is 0 Å². The number of amides is 1. The summed E-state index contributed by atoms with van der Waals surface area (Å²) >= 11 is 9.43. The Kier molecular flexibility index (Phi) is 4.27. The molecule has 1 amide bonds. The fraction of sp³-hybridized carbons (Fsp3) is 0.133. The fourth-order valence-corrected chi connectivity index (χ4v) is 2.59. The number of carbonyl (C=O) groups excluding carboxylic acids is 1. The number of halogens is 2. The summed E-state index contributed by atoms with van der Waals surface area (Å²) in [6, 6.07) is 11.1. The van der Waals surface area contributed by atoms with Gasteiger partial charge in [0.25, 0.3) is 5.91 Å². The first kappa shape index (κ1) is 14.1. The van der Waals surface area contributed by atoms with Gasteiger partial charge in [-0.25, -0.2) is 0 Å². The quantitative estimate of drug-likeness (QED) is 0.823. The Labute approximate surface area is 125 Å². The predicted molar refractivity (Wildman–Crippen MR) is 83.0 cm³/mol. The molecule has 2 aromatic rings. The number of carbonyl (C=O) groups is 1. The van der Waals surface area contributed by atoms with Crippen LogP contribution in [0.3, 0.4) is 0 Å². The third kappa shape index (κ3) is 3.37. The van der Waals surface area contributed by atoms with E-state index in [4.69, 9.17) is 11.6 Å². The molecule has 2 aromatic carbocycles. The first-order valence-electron chi connectivity index (χ1n) is 5.81. The Hall–Kier alpha value is -1.32. The van der Waals surface area contributed by atoms with Crippen molar-refractivity contribution in [3.05, 3.63) is 62.6 Å². The molecule has 2 nitrogen and oxygen atoms in total. The largest absolute Gasteiger partial charge is 0.322 e. The van der Waals surface area contributed by atoms with E-state index in [1.165, 1.54) is 0 Å². The van der Waals surface area contributed by atoms with Gasteiger partial charge in [0, 0.05) is 20.7 Å². The molecule has 0 fully saturated rings. The minimum Gasteiger partial charge on any atom is -0.322 e. The highest BCUT2D eigenvalue weighted by Gasteiger charge is 2.10. The second-order valence-electron chi connectivity index (χ2n) is 4.38. The van der Waals surface area contributed by atoms with Crippen molar-refractivity contribution in [1.82, 2.24) is 0 Å². The predicted octanol–water partition coefficient (Wildman–Crippen LogP) is 4.97. The Morgan fingerprint density at radius 2 is 1.95 bits per heavy atom. The van der Waals surface area contributed by atoms with Crippen LogP contribution in [0, 0.1) is 13.8 Å². The molecule has 0 atom stereocenters. The van der Waals surface area contributed by atoms with Gasteiger partial charge in [0.15, 0.2) is 0 Å². The Morgan fingerprint density at radius 3 is 2.63 bits per heavy atom. The highest BCUT2D eigenvalue weighted by molar-refractivity contribution is 9.10. The lowest BCUT2D eigenvalue weighted by Crippen LogP contribution is -2.13. The van der Waals surface area contributed by atoms with Crippen LogP contribution in [-0.4, -0.2) is 5.91 Å². The van der Waals surface area contributed by atoms with Gasteiger partial charge in [0.1, 0.15) is 0 Å². The van der Waals surface area contributed by atoms with Gasteiger partial charge in [-0.1, -0.05) is 33.6 Å². The van der Waals surface area contributed by atoms with E-state index in [0.717, 1.165) is 21.3 Å². The van der Waals surface area contributed by atoms with E-state index < -0.39 is 0 Å². The molecular formula is C15H13BrClNO. The van der Waals surface area contributed by atoms with E-state index in [1.807, 2.05) is 38.1 Å². The third-order valence-corrected chi connectivity index (χ3v) is 3.69. The van der Waals surface area contributed by atoms with Crippen LogP contribution in [0.5, 0.6) is 0 Å². The first-order valence-corrected chi connectivity index (χ1v) is 6.98. The van der Waals surface area contributed by atoms with Gasteiger partial charge in [-0.3, -0.25) is 4.79 Å². The van der Waals surface area contributed by atoms with E-state index in [1.54, 1.807) is 12.1 Å². The van der Waals surface area contributed by atoms with E-state index >= 15 is 0 Å². The maximum Gasteiger partial charge on any atom is 0.255 e. The van der Waals surface area contributed by atoms with Crippen molar-refractivity contribution < 1.29 is 4.79 Å². The summed E-state index contributed by atoms with van der Waals surface area (Å²) in [4.78, 5) is 12.2. The Bertz CT molecular complexity index is 620. The number of hydrogen-bond acceptors (Lipinski definition) is 1. The highest BCUT2D eigenvalue weighted by atomic mass is 79.9. The molecule has 98 valence electrons. The maximum absolute atomic E-state index is 12.2. The summed E-state index contributed by atoms with van der Waals surface area (Å²) < 4.78 is 0.889. The van der Waals surface area contributed by atoms with Gasteiger partial charge in [-0.15, -0.1) is 0 Å². The summed E-state index contributed by atoms with van der Waals surface area (Å²) in [7, 11) is 0. The van der Waals surface area contributed by atoms with Crippen LogP contribution in [0.4, 0.5) is 5.69 Å². The zero-order valence-corrected chi connectivity index (χ0v) is 13.0. The fourth-order valence-electron chi connectivity index (χ4n) is 1.80. The number of aryl methyl sites for hydroxylation is 1. The topological polar surface area (TPSA) is 29.1 Å². The van der Waals surface area contributed by atoms with Crippen LogP contribution in [0.25, 0.3) is 0 Å². The summed E-state index contributed by atoms with van der Waals surface area (Å²) in [6.07, 6.45) is 0. The average molecular weight is 339 g/mol. The monoisotopic (exact) mass is 337 g/mol. The zero-order chi connectivity index (χ0) is 14.0. The number of benzene rings is 2.